The number of amides is 1. The van der Waals surface area contributed by atoms with Crippen molar-refractivity contribution in [3.8, 4) is 0 Å². The molecule has 1 aromatic heterocycles. The lowest BCUT2D eigenvalue weighted by Gasteiger charge is -2.18. The largest absolute Gasteiger partial charge is 0.475 e. The molecule has 0 aliphatic heterocycles. The number of hydrogen-bond acceptors (Lipinski definition) is 4. The van der Waals surface area contributed by atoms with Gasteiger partial charge < -0.3 is 15.4 Å². The first kappa shape index (κ1) is 19.1. The van der Waals surface area contributed by atoms with Gasteiger partial charge in [-0.05, 0) is 30.0 Å². The molecule has 3 N–H and O–H groups in total. The topological polar surface area (TPSA) is 87.4 Å². The SMILES string of the molecule is CCc1cccc(CC(NC(=O)CCn2ncc3ccccc32)B(O)O)c1. The molecule has 2 aromatic carbocycles. The van der Waals surface area contributed by atoms with Crippen LogP contribution in [0.25, 0.3) is 10.9 Å². The number of aromatic nitrogens is 2. The van der Waals surface area contributed by atoms with Crippen molar-refractivity contribution in [3.63, 3.8) is 0 Å². The van der Waals surface area contributed by atoms with E-state index in [9.17, 15) is 14.8 Å². The molecule has 7 heteroatoms. The number of rotatable bonds is 8. The van der Waals surface area contributed by atoms with Gasteiger partial charge in [0.25, 0.3) is 0 Å². The monoisotopic (exact) mass is 365 g/mol. The number of aryl methyl sites for hydroxylation is 2. The van der Waals surface area contributed by atoms with Crippen molar-refractivity contribution in [1.82, 2.24) is 15.1 Å². The van der Waals surface area contributed by atoms with E-state index in [1.54, 1.807) is 10.9 Å². The number of carbonyl (C=O) groups excluding carboxylic acids is 1. The molecule has 0 aliphatic rings. The highest BCUT2D eigenvalue weighted by atomic mass is 16.4. The minimum Gasteiger partial charge on any atom is -0.426 e. The van der Waals surface area contributed by atoms with Gasteiger partial charge in [-0.1, -0.05) is 49.4 Å². The second-order valence-corrected chi connectivity index (χ2v) is 6.64. The summed E-state index contributed by atoms with van der Waals surface area (Å²) >= 11 is 0. The maximum absolute atomic E-state index is 12.3. The Hall–Kier alpha value is -2.64. The molecule has 0 aliphatic carbocycles. The van der Waals surface area contributed by atoms with E-state index in [1.807, 2.05) is 48.5 Å². The third-order valence-corrected chi connectivity index (χ3v) is 4.66. The summed E-state index contributed by atoms with van der Waals surface area (Å²) in [7, 11) is -1.62. The maximum Gasteiger partial charge on any atom is 0.475 e. The van der Waals surface area contributed by atoms with Crippen LogP contribution in [-0.4, -0.2) is 38.8 Å². The van der Waals surface area contributed by atoms with Crippen LogP contribution >= 0.6 is 0 Å². The summed E-state index contributed by atoms with van der Waals surface area (Å²) in [5, 5.41) is 27.4. The number of hydrogen-bond donors (Lipinski definition) is 3. The van der Waals surface area contributed by atoms with E-state index in [4.69, 9.17) is 0 Å². The molecule has 1 heterocycles. The molecular weight excluding hydrogens is 341 g/mol. The summed E-state index contributed by atoms with van der Waals surface area (Å²) in [4.78, 5) is 12.3. The molecule has 0 saturated heterocycles. The van der Waals surface area contributed by atoms with E-state index in [0.717, 1.165) is 22.9 Å². The van der Waals surface area contributed by atoms with E-state index in [2.05, 4.69) is 17.3 Å². The molecule has 0 saturated carbocycles. The molecule has 3 aromatic rings. The molecule has 1 atom stereocenters. The van der Waals surface area contributed by atoms with Gasteiger partial charge in [-0.2, -0.15) is 5.10 Å². The molecular formula is C20H24BN3O3. The smallest absolute Gasteiger partial charge is 0.426 e. The Kier molecular flexibility index (Phi) is 6.26. The lowest BCUT2D eigenvalue weighted by atomic mass is 9.75. The molecule has 1 amide bonds. The van der Waals surface area contributed by atoms with Crippen LogP contribution < -0.4 is 5.32 Å². The molecule has 3 rings (SSSR count). The average Bonchev–Trinajstić information content (AvgIpc) is 3.09. The minimum absolute atomic E-state index is 0.212. The van der Waals surface area contributed by atoms with Crippen LogP contribution in [0.2, 0.25) is 0 Å². The van der Waals surface area contributed by atoms with Crippen LogP contribution in [0.15, 0.2) is 54.7 Å². The van der Waals surface area contributed by atoms with E-state index in [1.165, 1.54) is 5.56 Å². The van der Waals surface area contributed by atoms with Crippen LogP contribution in [0.3, 0.4) is 0 Å². The van der Waals surface area contributed by atoms with Gasteiger partial charge >= 0.3 is 7.12 Å². The highest BCUT2D eigenvalue weighted by Crippen LogP contribution is 2.13. The second kappa shape index (κ2) is 8.84. The van der Waals surface area contributed by atoms with Gasteiger partial charge in [0.1, 0.15) is 0 Å². The molecule has 0 fully saturated rings. The van der Waals surface area contributed by atoms with Crippen molar-refractivity contribution in [2.24, 2.45) is 0 Å². The van der Waals surface area contributed by atoms with Crippen LogP contribution in [0.5, 0.6) is 0 Å². The van der Waals surface area contributed by atoms with E-state index in [-0.39, 0.29) is 12.3 Å². The Bertz CT molecular complexity index is 910. The van der Waals surface area contributed by atoms with E-state index in [0.29, 0.717) is 13.0 Å². The van der Waals surface area contributed by atoms with Crippen molar-refractivity contribution in [2.45, 2.75) is 38.7 Å². The number of carbonyl (C=O) groups is 1. The van der Waals surface area contributed by atoms with Crippen molar-refractivity contribution in [2.75, 3.05) is 0 Å². The Morgan fingerprint density at radius 3 is 2.74 bits per heavy atom. The molecule has 0 bridgehead atoms. The highest BCUT2D eigenvalue weighted by Gasteiger charge is 2.25. The summed E-state index contributed by atoms with van der Waals surface area (Å²) in [5.41, 5.74) is 3.11. The van der Waals surface area contributed by atoms with Crippen molar-refractivity contribution in [1.29, 1.82) is 0 Å². The fraction of sp³-hybridized carbons (Fsp3) is 0.300. The van der Waals surface area contributed by atoms with E-state index >= 15 is 0 Å². The molecule has 0 radical (unpaired) electrons. The minimum atomic E-state index is -1.62. The molecule has 140 valence electrons. The third kappa shape index (κ3) is 4.96. The number of nitrogens with one attached hydrogen (secondary N) is 1. The third-order valence-electron chi connectivity index (χ3n) is 4.66. The highest BCUT2D eigenvalue weighted by molar-refractivity contribution is 6.43. The van der Waals surface area contributed by atoms with Gasteiger partial charge in [0.15, 0.2) is 0 Å². The zero-order chi connectivity index (χ0) is 19.2. The first-order chi connectivity index (χ1) is 13.1. The van der Waals surface area contributed by atoms with E-state index < -0.39 is 13.1 Å². The summed E-state index contributed by atoms with van der Waals surface area (Å²) in [6.45, 7) is 2.50. The normalized spacial score (nSPS) is 12.1. The van der Waals surface area contributed by atoms with Gasteiger partial charge in [0, 0.05) is 11.8 Å². The van der Waals surface area contributed by atoms with Crippen molar-refractivity contribution in [3.05, 3.63) is 65.9 Å². The van der Waals surface area contributed by atoms with Crippen LogP contribution in [0, 0.1) is 0 Å². The molecule has 1 unspecified atom stereocenters. The Balaban J connectivity index is 1.59. The Labute approximate surface area is 159 Å². The Morgan fingerprint density at radius 1 is 1.19 bits per heavy atom. The number of fused-ring (bicyclic) bond motifs is 1. The van der Waals surface area contributed by atoms with Crippen molar-refractivity contribution >= 4 is 23.9 Å². The van der Waals surface area contributed by atoms with Gasteiger partial charge in [-0.25, -0.2) is 0 Å². The number of para-hydroxylation sites is 1. The molecule has 0 spiro atoms. The summed E-state index contributed by atoms with van der Waals surface area (Å²) < 4.78 is 1.78. The molecule has 6 nitrogen and oxygen atoms in total. The summed E-state index contributed by atoms with van der Waals surface area (Å²) in [6.07, 6.45) is 3.25. The van der Waals surface area contributed by atoms with Crippen LogP contribution in [-0.2, 0) is 24.2 Å². The Morgan fingerprint density at radius 2 is 1.96 bits per heavy atom. The fourth-order valence-electron chi connectivity index (χ4n) is 3.15. The first-order valence-electron chi connectivity index (χ1n) is 9.20. The molecule has 27 heavy (non-hydrogen) atoms. The maximum atomic E-state index is 12.3. The number of nitrogens with zero attached hydrogens (tertiary/aromatic N) is 2. The zero-order valence-electron chi connectivity index (χ0n) is 15.4. The lowest BCUT2D eigenvalue weighted by molar-refractivity contribution is -0.121. The predicted octanol–water partition coefficient (Wildman–Crippen LogP) is 1.73. The van der Waals surface area contributed by atoms with Crippen LogP contribution in [0.4, 0.5) is 0 Å². The van der Waals surface area contributed by atoms with Gasteiger partial charge in [-0.15, -0.1) is 0 Å². The quantitative estimate of drug-likeness (QED) is 0.531. The first-order valence-corrected chi connectivity index (χ1v) is 9.20. The lowest BCUT2D eigenvalue weighted by Crippen LogP contribution is -2.48. The summed E-state index contributed by atoms with van der Waals surface area (Å²) in [6, 6.07) is 15.7. The standard InChI is InChI=1S/C20H24BN3O3/c1-2-15-6-5-7-16(12-15)13-19(21(26)27)23-20(25)10-11-24-18-9-4-3-8-17(18)14-22-24/h3-9,12,14,19,26-27H,2,10-11,13H2,1H3,(H,23,25). The fourth-order valence-corrected chi connectivity index (χ4v) is 3.15. The number of benzene rings is 2. The van der Waals surface area contributed by atoms with Gasteiger partial charge in [0.05, 0.1) is 24.2 Å². The van der Waals surface area contributed by atoms with Gasteiger partial charge in [0.2, 0.25) is 5.91 Å². The predicted molar refractivity (Wildman–Crippen MR) is 106 cm³/mol. The van der Waals surface area contributed by atoms with Gasteiger partial charge in [-0.3, -0.25) is 9.48 Å². The average molecular weight is 365 g/mol. The second-order valence-electron chi connectivity index (χ2n) is 6.64. The van der Waals surface area contributed by atoms with Crippen LogP contribution in [0.1, 0.15) is 24.5 Å². The zero-order valence-corrected chi connectivity index (χ0v) is 15.4. The van der Waals surface area contributed by atoms with Crippen molar-refractivity contribution < 1.29 is 14.8 Å². The summed E-state index contributed by atoms with van der Waals surface area (Å²) in [5.74, 6) is -0.988.